The topological polar surface area (TPSA) is 55.1 Å². The third kappa shape index (κ3) is 3.58. The summed E-state index contributed by atoms with van der Waals surface area (Å²) in [5, 5.41) is 3.03. The van der Waals surface area contributed by atoms with Gasteiger partial charge in [-0.1, -0.05) is 37.9 Å². The average molecular weight is 402 g/mol. The molecule has 0 aromatic heterocycles. The number of amides is 1. The van der Waals surface area contributed by atoms with Crippen LogP contribution in [0.25, 0.3) is 0 Å². The number of hydrogen-bond acceptors (Lipinski definition) is 2. The Morgan fingerprint density at radius 2 is 1.80 bits per heavy atom. The molecule has 1 amide bonds. The Bertz CT molecular complexity index is 632. The van der Waals surface area contributed by atoms with Gasteiger partial charge in [0.25, 0.3) is 0 Å². The summed E-state index contributed by atoms with van der Waals surface area (Å²) in [6, 6.07) is 10.7. The molecule has 104 valence electrons. The highest BCUT2D eigenvalue weighted by atomic mass is 79.9. The summed E-state index contributed by atoms with van der Waals surface area (Å²) >= 11 is 6.58. The maximum Gasteiger partial charge on any atom is 0.244 e. The van der Waals surface area contributed by atoms with Crippen LogP contribution in [-0.2, 0) is 4.79 Å². The van der Waals surface area contributed by atoms with Gasteiger partial charge in [0.1, 0.15) is 11.9 Å². The normalized spacial score (nSPS) is 11.9. The van der Waals surface area contributed by atoms with Gasteiger partial charge in [0.2, 0.25) is 5.91 Å². The van der Waals surface area contributed by atoms with Gasteiger partial charge >= 0.3 is 0 Å². The van der Waals surface area contributed by atoms with Crippen molar-refractivity contribution >= 4 is 43.5 Å². The Kier molecular flexibility index (Phi) is 4.77. The van der Waals surface area contributed by atoms with Crippen LogP contribution >= 0.6 is 31.9 Å². The number of hydrogen-bond donors (Lipinski definition) is 2. The molecule has 2 aromatic rings. The van der Waals surface area contributed by atoms with Crippen molar-refractivity contribution in [2.75, 3.05) is 5.32 Å². The first kappa shape index (κ1) is 15.0. The third-order valence-corrected chi connectivity index (χ3v) is 3.93. The molecule has 0 fully saturated rings. The number of nitrogens with two attached hydrogens (primary N) is 1. The maximum absolute atomic E-state index is 13.1. The number of nitrogens with one attached hydrogen (secondary N) is 1. The van der Waals surface area contributed by atoms with Gasteiger partial charge in [-0.25, -0.2) is 4.39 Å². The zero-order valence-corrected chi connectivity index (χ0v) is 13.4. The highest BCUT2D eigenvalue weighted by Gasteiger charge is 2.20. The molecular weight excluding hydrogens is 391 g/mol. The molecule has 3 nitrogen and oxygen atoms in total. The summed E-state index contributed by atoms with van der Waals surface area (Å²) in [6.07, 6.45) is 0. The van der Waals surface area contributed by atoms with Crippen molar-refractivity contribution in [1.82, 2.24) is 0 Å². The molecule has 0 saturated heterocycles. The van der Waals surface area contributed by atoms with Crippen molar-refractivity contribution in [3.63, 3.8) is 0 Å². The second-order valence-electron chi connectivity index (χ2n) is 4.15. The molecule has 0 aliphatic rings. The SMILES string of the molecule is NC(=O)C(Nc1ccc(Br)cc1)c1ccc(F)cc1Br. The second-order valence-corrected chi connectivity index (χ2v) is 5.92. The lowest BCUT2D eigenvalue weighted by Crippen LogP contribution is -2.28. The van der Waals surface area contributed by atoms with Gasteiger partial charge in [-0.3, -0.25) is 4.79 Å². The zero-order chi connectivity index (χ0) is 14.7. The van der Waals surface area contributed by atoms with Gasteiger partial charge in [0, 0.05) is 14.6 Å². The third-order valence-electron chi connectivity index (χ3n) is 2.71. The molecule has 0 bridgehead atoms. The van der Waals surface area contributed by atoms with E-state index in [1.807, 2.05) is 24.3 Å². The van der Waals surface area contributed by atoms with Crippen molar-refractivity contribution < 1.29 is 9.18 Å². The quantitative estimate of drug-likeness (QED) is 0.813. The monoisotopic (exact) mass is 400 g/mol. The summed E-state index contributed by atoms with van der Waals surface area (Å²) in [4.78, 5) is 11.6. The van der Waals surface area contributed by atoms with E-state index in [0.29, 0.717) is 10.0 Å². The van der Waals surface area contributed by atoms with Crippen LogP contribution in [0.3, 0.4) is 0 Å². The molecule has 20 heavy (non-hydrogen) atoms. The Morgan fingerprint density at radius 3 is 2.35 bits per heavy atom. The van der Waals surface area contributed by atoms with Crippen LogP contribution < -0.4 is 11.1 Å². The lowest BCUT2D eigenvalue weighted by molar-refractivity contribution is -0.118. The fraction of sp³-hybridized carbons (Fsp3) is 0.0714. The summed E-state index contributed by atoms with van der Waals surface area (Å²) in [6.45, 7) is 0. The van der Waals surface area contributed by atoms with Gasteiger partial charge < -0.3 is 11.1 Å². The van der Waals surface area contributed by atoms with Crippen molar-refractivity contribution in [2.45, 2.75) is 6.04 Å². The Morgan fingerprint density at radius 1 is 1.15 bits per heavy atom. The van der Waals surface area contributed by atoms with Gasteiger partial charge in [0.15, 0.2) is 0 Å². The standard InChI is InChI=1S/C14H11Br2FN2O/c15-8-1-4-10(5-2-8)19-13(14(18)20)11-6-3-9(17)7-12(11)16/h1-7,13,19H,(H2,18,20). The molecule has 2 rings (SSSR count). The van der Waals surface area contributed by atoms with E-state index in [0.717, 1.165) is 10.2 Å². The lowest BCUT2D eigenvalue weighted by Gasteiger charge is -2.18. The van der Waals surface area contributed by atoms with E-state index >= 15 is 0 Å². The van der Waals surface area contributed by atoms with E-state index < -0.39 is 11.9 Å². The Balaban J connectivity index is 2.31. The van der Waals surface area contributed by atoms with Crippen molar-refractivity contribution in [2.24, 2.45) is 5.73 Å². The molecule has 0 aliphatic carbocycles. The van der Waals surface area contributed by atoms with E-state index in [-0.39, 0.29) is 5.82 Å². The highest BCUT2D eigenvalue weighted by Crippen LogP contribution is 2.27. The molecule has 0 spiro atoms. The maximum atomic E-state index is 13.1. The molecule has 1 unspecified atom stereocenters. The van der Waals surface area contributed by atoms with Gasteiger partial charge in [0.05, 0.1) is 0 Å². The number of halogens is 3. The fourth-order valence-corrected chi connectivity index (χ4v) is 2.59. The average Bonchev–Trinajstić information content (AvgIpc) is 2.39. The minimum absolute atomic E-state index is 0.382. The van der Waals surface area contributed by atoms with E-state index in [1.165, 1.54) is 18.2 Å². The number of benzene rings is 2. The van der Waals surface area contributed by atoms with Crippen LogP contribution in [0.2, 0.25) is 0 Å². The van der Waals surface area contributed by atoms with Gasteiger partial charge in [-0.2, -0.15) is 0 Å². The van der Waals surface area contributed by atoms with Crippen LogP contribution in [-0.4, -0.2) is 5.91 Å². The van der Waals surface area contributed by atoms with Crippen molar-refractivity contribution in [1.29, 1.82) is 0 Å². The van der Waals surface area contributed by atoms with E-state index in [2.05, 4.69) is 37.2 Å². The molecule has 0 radical (unpaired) electrons. The zero-order valence-electron chi connectivity index (χ0n) is 10.2. The first-order valence-electron chi connectivity index (χ1n) is 5.74. The molecule has 1 atom stereocenters. The van der Waals surface area contributed by atoms with Crippen LogP contribution in [0.15, 0.2) is 51.4 Å². The number of primary amides is 1. The number of carbonyl (C=O) groups is 1. The minimum atomic E-state index is -0.744. The summed E-state index contributed by atoms with van der Waals surface area (Å²) < 4.78 is 14.5. The molecule has 6 heteroatoms. The second kappa shape index (κ2) is 6.37. The Labute approximate surface area is 132 Å². The summed E-state index contributed by atoms with van der Waals surface area (Å²) in [5.74, 6) is -0.923. The van der Waals surface area contributed by atoms with Crippen LogP contribution in [0.1, 0.15) is 11.6 Å². The molecule has 0 saturated carbocycles. The largest absolute Gasteiger partial charge is 0.370 e. The summed E-state index contributed by atoms with van der Waals surface area (Å²) in [7, 11) is 0. The molecule has 2 aromatic carbocycles. The predicted octanol–water partition coefficient (Wildman–Crippen LogP) is 3.99. The van der Waals surface area contributed by atoms with Crippen LogP contribution in [0.5, 0.6) is 0 Å². The highest BCUT2D eigenvalue weighted by molar-refractivity contribution is 9.10. The molecular formula is C14H11Br2FN2O. The van der Waals surface area contributed by atoms with Crippen molar-refractivity contribution in [3.8, 4) is 0 Å². The number of carbonyl (C=O) groups excluding carboxylic acids is 1. The van der Waals surface area contributed by atoms with E-state index in [1.54, 1.807) is 0 Å². The van der Waals surface area contributed by atoms with Crippen LogP contribution in [0, 0.1) is 5.82 Å². The van der Waals surface area contributed by atoms with Gasteiger partial charge in [-0.05, 0) is 42.0 Å². The fourth-order valence-electron chi connectivity index (χ4n) is 1.75. The first-order valence-corrected chi connectivity index (χ1v) is 7.32. The predicted molar refractivity (Wildman–Crippen MR) is 83.8 cm³/mol. The minimum Gasteiger partial charge on any atom is -0.370 e. The smallest absolute Gasteiger partial charge is 0.244 e. The first-order chi connectivity index (χ1) is 9.47. The molecule has 0 heterocycles. The Hall–Kier alpha value is -1.40. The van der Waals surface area contributed by atoms with E-state index in [4.69, 9.17) is 5.73 Å². The van der Waals surface area contributed by atoms with Crippen LogP contribution in [0.4, 0.5) is 10.1 Å². The van der Waals surface area contributed by atoms with Gasteiger partial charge in [-0.15, -0.1) is 0 Å². The van der Waals surface area contributed by atoms with E-state index in [9.17, 15) is 9.18 Å². The number of rotatable bonds is 4. The number of anilines is 1. The van der Waals surface area contributed by atoms with Crippen molar-refractivity contribution in [3.05, 3.63) is 62.8 Å². The lowest BCUT2D eigenvalue weighted by atomic mass is 10.1. The molecule has 0 aliphatic heterocycles. The molecule has 3 N–H and O–H groups in total. The summed E-state index contributed by atoms with van der Waals surface area (Å²) in [5.41, 5.74) is 6.76.